The summed E-state index contributed by atoms with van der Waals surface area (Å²) in [6.07, 6.45) is 0.887. The summed E-state index contributed by atoms with van der Waals surface area (Å²) in [4.78, 5) is 23.8. The highest BCUT2D eigenvalue weighted by Crippen LogP contribution is 2.25. The molecule has 0 fully saturated rings. The van der Waals surface area contributed by atoms with Crippen molar-refractivity contribution in [2.24, 2.45) is 0 Å². The van der Waals surface area contributed by atoms with E-state index in [4.69, 9.17) is 0 Å². The molecule has 116 valence electrons. The van der Waals surface area contributed by atoms with E-state index in [1.54, 1.807) is 19.2 Å². The first-order valence-corrected chi connectivity index (χ1v) is 6.88. The highest BCUT2D eigenvalue weighted by atomic mass is 16.6. The van der Waals surface area contributed by atoms with Crippen LogP contribution >= 0.6 is 0 Å². The summed E-state index contributed by atoms with van der Waals surface area (Å²) in [7, 11) is 3.42. The molecule has 0 unspecified atom stereocenters. The van der Waals surface area contributed by atoms with Gasteiger partial charge in [0.1, 0.15) is 5.69 Å². The van der Waals surface area contributed by atoms with Crippen LogP contribution in [-0.2, 0) is 11.3 Å². The van der Waals surface area contributed by atoms with E-state index in [9.17, 15) is 14.9 Å². The van der Waals surface area contributed by atoms with Gasteiger partial charge in [-0.25, -0.2) is 0 Å². The molecule has 0 heterocycles. The van der Waals surface area contributed by atoms with Crippen molar-refractivity contribution >= 4 is 17.3 Å². The number of likely N-dealkylation sites (N-methyl/N-ethyl adjacent to an activating group) is 2. The molecule has 7 nitrogen and oxygen atoms in total. The second-order valence-corrected chi connectivity index (χ2v) is 4.88. The second-order valence-electron chi connectivity index (χ2n) is 4.88. The first-order chi connectivity index (χ1) is 9.97. The third kappa shape index (κ3) is 5.39. The van der Waals surface area contributed by atoms with Crippen LogP contribution in [0.2, 0.25) is 0 Å². The van der Waals surface area contributed by atoms with Crippen LogP contribution in [0.1, 0.15) is 18.9 Å². The van der Waals surface area contributed by atoms with E-state index in [-0.39, 0.29) is 18.1 Å². The van der Waals surface area contributed by atoms with Gasteiger partial charge in [0.25, 0.3) is 5.69 Å². The van der Waals surface area contributed by atoms with Gasteiger partial charge >= 0.3 is 0 Å². The minimum Gasteiger partial charge on any atom is -0.379 e. The first kappa shape index (κ1) is 16.9. The van der Waals surface area contributed by atoms with E-state index in [1.165, 1.54) is 6.07 Å². The summed E-state index contributed by atoms with van der Waals surface area (Å²) in [5, 5.41) is 16.6. The predicted molar refractivity (Wildman–Crippen MR) is 82.3 cm³/mol. The molecule has 0 aliphatic rings. The van der Waals surface area contributed by atoms with Gasteiger partial charge in [-0.15, -0.1) is 0 Å². The average molecular weight is 294 g/mol. The van der Waals surface area contributed by atoms with Gasteiger partial charge in [0.15, 0.2) is 0 Å². The number of rotatable bonds is 8. The third-order valence-corrected chi connectivity index (χ3v) is 2.97. The predicted octanol–water partition coefficient (Wildman–Crippen LogP) is 1.59. The molecule has 7 heteroatoms. The fraction of sp³-hybridized carbons (Fsp3) is 0.500. The molecule has 1 aromatic carbocycles. The van der Waals surface area contributed by atoms with Crippen molar-refractivity contribution in [2.45, 2.75) is 19.9 Å². The van der Waals surface area contributed by atoms with Crippen molar-refractivity contribution < 1.29 is 9.72 Å². The molecule has 0 atom stereocenters. The van der Waals surface area contributed by atoms with Gasteiger partial charge in [-0.2, -0.15) is 0 Å². The second kappa shape index (κ2) is 8.21. The van der Waals surface area contributed by atoms with Crippen molar-refractivity contribution in [1.82, 2.24) is 10.2 Å². The van der Waals surface area contributed by atoms with Crippen LogP contribution in [0.5, 0.6) is 0 Å². The maximum atomic E-state index is 11.3. The van der Waals surface area contributed by atoms with E-state index < -0.39 is 4.92 Å². The third-order valence-electron chi connectivity index (χ3n) is 2.97. The van der Waals surface area contributed by atoms with Crippen molar-refractivity contribution in [2.75, 3.05) is 32.5 Å². The van der Waals surface area contributed by atoms with E-state index in [0.717, 1.165) is 12.0 Å². The van der Waals surface area contributed by atoms with Crippen LogP contribution in [0.15, 0.2) is 18.2 Å². The smallest absolute Gasteiger partial charge is 0.292 e. The number of nitro groups is 1. The number of carbonyl (C=O) groups excluding carboxylic acids is 1. The number of nitrogens with one attached hydrogen (secondary N) is 2. The highest BCUT2D eigenvalue weighted by Gasteiger charge is 2.14. The van der Waals surface area contributed by atoms with Crippen LogP contribution in [0, 0.1) is 10.1 Å². The molecule has 0 spiro atoms. The molecule has 0 saturated carbocycles. The lowest BCUT2D eigenvalue weighted by atomic mass is 10.1. The summed E-state index contributed by atoms with van der Waals surface area (Å²) in [5.41, 5.74) is 1.51. The zero-order valence-electron chi connectivity index (χ0n) is 12.7. The van der Waals surface area contributed by atoms with Gasteiger partial charge in [-0.1, -0.05) is 13.0 Å². The number of hydrogen-bond donors (Lipinski definition) is 2. The van der Waals surface area contributed by atoms with Crippen molar-refractivity contribution in [3.63, 3.8) is 0 Å². The minimum atomic E-state index is -0.393. The van der Waals surface area contributed by atoms with Gasteiger partial charge in [0.2, 0.25) is 5.91 Å². The highest BCUT2D eigenvalue weighted by molar-refractivity contribution is 5.77. The van der Waals surface area contributed by atoms with E-state index in [2.05, 4.69) is 10.6 Å². The Kier molecular flexibility index (Phi) is 6.61. The zero-order chi connectivity index (χ0) is 15.8. The maximum Gasteiger partial charge on any atom is 0.292 e. The van der Waals surface area contributed by atoms with E-state index in [1.807, 2.05) is 18.9 Å². The lowest BCUT2D eigenvalue weighted by molar-refractivity contribution is -0.384. The quantitative estimate of drug-likeness (QED) is 0.561. The molecule has 0 bridgehead atoms. The van der Waals surface area contributed by atoms with Gasteiger partial charge in [-0.3, -0.25) is 19.8 Å². The lowest BCUT2D eigenvalue weighted by Gasteiger charge is -2.16. The van der Waals surface area contributed by atoms with Gasteiger partial charge in [0.05, 0.1) is 11.5 Å². The Hall–Kier alpha value is -2.15. The Balaban J connectivity index is 2.83. The Morgan fingerprint density at radius 1 is 1.43 bits per heavy atom. The molecule has 0 aliphatic heterocycles. The van der Waals surface area contributed by atoms with E-state index >= 15 is 0 Å². The van der Waals surface area contributed by atoms with Crippen LogP contribution in [0.25, 0.3) is 0 Å². The SMILES string of the molecule is CCCNc1cc(CN(C)CC(=O)NC)ccc1[N+](=O)[O-]. The fourth-order valence-corrected chi connectivity index (χ4v) is 1.93. The summed E-state index contributed by atoms with van der Waals surface area (Å²) < 4.78 is 0. The Labute approximate surface area is 124 Å². The zero-order valence-corrected chi connectivity index (χ0v) is 12.7. The first-order valence-electron chi connectivity index (χ1n) is 6.88. The summed E-state index contributed by atoms with van der Waals surface area (Å²) >= 11 is 0. The average Bonchev–Trinajstić information content (AvgIpc) is 2.44. The summed E-state index contributed by atoms with van der Waals surface area (Å²) in [5.74, 6) is -0.0660. The van der Waals surface area contributed by atoms with Gasteiger partial charge < -0.3 is 10.6 Å². The largest absolute Gasteiger partial charge is 0.379 e. The van der Waals surface area contributed by atoms with Gasteiger partial charge in [-0.05, 0) is 25.1 Å². The van der Waals surface area contributed by atoms with Crippen molar-refractivity contribution in [1.29, 1.82) is 0 Å². The summed E-state index contributed by atoms with van der Waals surface area (Å²) in [6.45, 7) is 3.51. The number of hydrogen-bond acceptors (Lipinski definition) is 5. The number of nitrogens with zero attached hydrogens (tertiary/aromatic N) is 2. The summed E-state index contributed by atoms with van der Waals surface area (Å²) in [6, 6.07) is 4.99. The molecule has 21 heavy (non-hydrogen) atoms. The topological polar surface area (TPSA) is 87.5 Å². The molecular formula is C14H22N4O3. The standard InChI is InChI=1S/C14H22N4O3/c1-4-7-16-12-8-11(5-6-13(12)18(20)21)9-17(3)10-14(19)15-2/h5-6,8,16H,4,7,9-10H2,1-3H3,(H,15,19). The van der Waals surface area contributed by atoms with Crippen LogP contribution in [-0.4, -0.2) is 42.9 Å². The number of benzene rings is 1. The molecule has 0 aromatic heterocycles. The monoisotopic (exact) mass is 294 g/mol. The molecule has 1 rings (SSSR count). The van der Waals surface area contributed by atoms with Crippen LogP contribution in [0.3, 0.4) is 0 Å². The Morgan fingerprint density at radius 2 is 2.14 bits per heavy atom. The van der Waals surface area contributed by atoms with Crippen LogP contribution in [0.4, 0.5) is 11.4 Å². The fourth-order valence-electron chi connectivity index (χ4n) is 1.93. The lowest BCUT2D eigenvalue weighted by Crippen LogP contribution is -2.32. The maximum absolute atomic E-state index is 11.3. The van der Waals surface area contributed by atoms with Crippen molar-refractivity contribution in [3.05, 3.63) is 33.9 Å². The van der Waals surface area contributed by atoms with Gasteiger partial charge in [0, 0.05) is 26.2 Å². The molecule has 0 radical (unpaired) electrons. The normalized spacial score (nSPS) is 10.5. The molecule has 1 aromatic rings. The van der Waals surface area contributed by atoms with Crippen LogP contribution < -0.4 is 10.6 Å². The molecule has 0 saturated heterocycles. The molecule has 2 N–H and O–H groups in total. The molecule has 1 amide bonds. The molecular weight excluding hydrogens is 272 g/mol. The number of carbonyl (C=O) groups is 1. The number of anilines is 1. The van der Waals surface area contributed by atoms with E-state index in [0.29, 0.717) is 18.8 Å². The molecule has 0 aliphatic carbocycles. The number of amides is 1. The number of nitro benzene ring substituents is 1. The Bertz CT molecular complexity index is 505. The minimum absolute atomic E-state index is 0.0660. The van der Waals surface area contributed by atoms with Crippen molar-refractivity contribution in [3.8, 4) is 0 Å². The Morgan fingerprint density at radius 3 is 2.71 bits per heavy atom.